The van der Waals surface area contributed by atoms with Crippen molar-refractivity contribution in [2.45, 2.75) is 13.5 Å². The molecule has 0 fully saturated rings. The van der Waals surface area contributed by atoms with Crippen LogP contribution in [-0.4, -0.2) is 13.2 Å². The first kappa shape index (κ1) is 13.7. The van der Waals surface area contributed by atoms with E-state index in [9.17, 15) is 8.78 Å². The zero-order valence-corrected chi connectivity index (χ0v) is 11.6. The molecule has 0 bridgehead atoms. The third kappa shape index (κ3) is 2.77. The van der Waals surface area contributed by atoms with E-state index in [-0.39, 0.29) is 5.69 Å². The summed E-state index contributed by atoms with van der Waals surface area (Å²) < 4.78 is 38.5. The Labute approximate surface area is 121 Å². The Morgan fingerprint density at radius 3 is 2.62 bits per heavy atom. The number of benzene rings is 2. The predicted molar refractivity (Wildman–Crippen MR) is 75.9 cm³/mol. The van der Waals surface area contributed by atoms with Crippen molar-refractivity contribution in [1.29, 1.82) is 0 Å². The minimum absolute atomic E-state index is 0.107. The van der Waals surface area contributed by atoms with Crippen LogP contribution in [-0.2, 0) is 6.54 Å². The van der Waals surface area contributed by atoms with Crippen LogP contribution in [0, 0.1) is 18.6 Å². The number of halogens is 2. The van der Waals surface area contributed by atoms with Crippen molar-refractivity contribution in [3.05, 3.63) is 53.1 Å². The van der Waals surface area contributed by atoms with E-state index in [1.807, 2.05) is 12.1 Å². The maximum absolute atomic E-state index is 13.9. The van der Waals surface area contributed by atoms with Crippen molar-refractivity contribution >= 4 is 5.69 Å². The topological polar surface area (TPSA) is 30.5 Å². The van der Waals surface area contributed by atoms with E-state index in [0.717, 1.165) is 5.56 Å². The molecule has 0 unspecified atom stereocenters. The van der Waals surface area contributed by atoms with E-state index in [1.165, 1.54) is 12.1 Å². The number of fused-ring (bicyclic) bond motifs is 1. The molecule has 0 saturated heterocycles. The van der Waals surface area contributed by atoms with Gasteiger partial charge in [0, 0.05) is 6.54 Å². The van der Waals surface area contributed by atoms with E-state index in [4.69, 9.17) is 9.47 Å². The second kappa shape index (κ2) is 5.60. The molecule has 0 radical (unpaired) electrons. The lowest BCUT2D eigenvalue weighted by Gasteiger charge is -2.19. The highest BCUT2D eigenvalue weighted by molar-refractivity contribution is 5.50. The van der Waals surface area contributed by atoms with Crippen LogP contribution in [0.3, 0.4) is 0 Å². The highest BCUT2D eigenvalue weighted by Crippen LogP contribution is 2.31. The minimum Gasteiger partial charge on any atom is -0.486 e. The lowest BCUT2D eigenvalue weighted by molar-refractivity contribution is 0.171. The van der Waals surface area contributed by atoms with E-state index in [0.29, 0.717) is 36.8 Å². The summed E-state index contributed by atoms with van der Waals surface area (Å²) >= 11 is 0. The average Bonchev–Trinajstić information content (AvgIpc) is 2.51. The summed E-state index contributed by atoms with van der Waals surface area (Å²) in [7, 11) is 0. The first-order valence-corrected chi connectivity index (χ1v) is 6.72. The molecule has 0 spiro atoms. The Hall–Kier alpha value is -2.30. The van der Waals surface area contributed by atoms with Gasteiger partial charge in [-0.2, -0.15) is 0 Å². The Morgan fingerprint density at radius 1 is 1.05 bits per heavy atom. The van der Waals surface area contributed by atoms with Crippen molar-refractivity contribution < 1.29 is 18.3 Å². The summed E-state index contributed by atoms with van der Waals surface area (Å²) in [5.41, 5.74) is 1.16. The fourth-order valence-electron chi connectivity index (χ4n) is 2.21. The zero-order valence-electron chi connectivity index (χ0n) is 11.6. The van der Waals surface area contributed by atoms with Crippen molar-refractivity contribution in [2.75, 3.05) is 18.5 Å². The second-order valence-corrected chi connectivity index (χ2v) is 4.88. The Bertz CT molecular complexity index is 674. The highest BCUT2D eigenvalue weighted by Gasteiger charge is 2.13. The lowest BCUT2D eigenvalue weighted by Crippen LogP contribution is -2.15. The summed E-state index contributed by atoms with van der Waals surface area (Å²) in [5.74, 6) is 0.187. The molecule has 1 aliphatic heterocycles. The molecule has 0 aliphatic carbocycles. The summed E-state index contributed by atoms with van der Waals surface area (Å²) in [6.45, 7) is 2.94. The number of anilines is 1. The van der Waals surface area contributed by atoms with Gasteiger partial charge in [0.25, 0.3) is 0 Å². The van der Waals surface area contributed by atoms with Gasteiger partial charge in [0.1, 0.15) is 24.7 Å². The molecule has 3 rings (SSSR count). The Morgan fingerprint density at radius 2 is 1.81 bits per heavy atom. The SMILES string of the molecule is Cc1ccc(F)c(NCc2ccc3c(c2)OCCO3)c1F. The van der Waals surface area contributed by atoms with Crippen LogP contribution in [0.2, 0.25) is 0 Å². The van der Waals surface area contributed by atoms with E-state index >= 15 is 0 Å². The number of hydrogen-bond donors (Lipinski definition) is 1. The van der Waals surface area contributed by atoms with Crippen molar-refractivity contribution in [2.24, 2.45) is 0 Å². The maximum atomic E-state index is 13.9. The number of rotatable bonds is 3. The highest BCUT2D eigenvalue weighted by atomic mass is 19.1. The fraction of sp³-hybridized carbons (Fsp3) is 0.250. The van der Waals surface area contributed by atoms with E-state index in [1.54, 1.807) is 13.0 Å². The van der Waals surface area contributed by atoms with E-state index < -0.39 is 11.6 Å². The Balaban J connectivity index is 1.78. The van der Waals surface area contributed by atoms with Gasteiger partial charge in [-0.1, -0.05) is 12.1 Å². The van der Waals surface area contributed by atoms with Gasteiger partial charge >= 0.3 is 0 Å². The molecule has 1 N–H and O–H groups in total. The fourth-order valence-corrected chi connectivity index (χ4v) is 2.21. The van der Waals surface area contributed by atoms with Gasteiger partial charge in [0.05, 0.1) is 0 Å². The Kier molecular flexibility index (Phi) is 3.64. The predicted octanol–water partition coefficient (Wildman–Crippen LogP) is 3.66. The third-order valence-electron chi connectivity index (χ3n) is 3.36. The van der Waals surface area contributed by atoms with Crippen LogP contribution in [0.15, 0.2) is 30.3 Å². The third-order valence-corrected chi connectivity index (χ3v) is 3.36. The molecule has 3 nitrogen and oxygen atoms in total. The smallest absolute Gasteiger partial charge is 0.161 e. The molecule has 1 heterocycles. The summed E-state index contributed by atoms with van der Waals surface area (Å²) in [6.07, 6.45) is 0. The summed E-state index contributed by atoms with van der Waals surface area (Å²) in [4.78, 5) is 0. The van der Waals surface area contributed by atoms with Crippen LogP contribution in [0.4, 0.5) is 14.5 Å². The van der Waals surface area contributed by atoms with Crippen LogP contribution < -0.4 is 14.8 Å². The zero-order chi connectivity index (χ0) is 14.8. The molecular formula is C16H15F2NO2. The van der Waals surface area contributed by atoms with Crippen molar-refractivity contribution in [1.82, 2.24) is 0 Å². The first-order chi connectivity index (χ1) is 10.1. The molecule has 0 amide bonds. The van der Waals surface area contributed by atoms with Crippen molar-refractivity contribution in [3.63, 3.8) is 0 Å². The minimum atomic E-state index is -0.601. The average molecular weight is 291 g/mol. The van der Waals surface area contributed by atoms with Gasteiger partial charge in [0.15, 0.2) is 17.3 Å². The van der Waals surface area contributed by atoms with Crippen LogP contribution >= 0.6 is 0 Å². The molecule has 2 aromatic rings. The molecular weight excluding hydrogens is 276 g/mol. The van der Waals surface area contributed by atoms with Gasteiger partial charge in [-0.15, -0.1) is 0 Å². The van der Waals surface area contributed by atoms with Crippen molar-refractivity contribution in [3.8, 4) is 11.5 Å². The number of hydrogen-bond acceptors (Lipinski definition) is 3. The van der Waals surface area contributed by atoms with Gasteiger partial charge in [-0.25, -0.2) is 8.78 Å². The summed E-state index contributed by atoms with van der Waals surface area (Å²) in [5, 5.41) is 2.80. The monoisotopic (exact) mass is 291 g/mol. The number of aryl methyl sites for hydroxylation is 1. The molecule has 21 heavy (non-hydrogen) atoms. The van der Waals surface area contributed by atoms with Gasteiger partial charge in [-0.3, -0.25) is 0 Å². The number of nitrogens with one attached hydrogen (secondary N) is 1. The van der Waals surface area contributed by atoms with Crippen LogP contribution in [0.1, 0.15) is 11.1 Å². The molecule has 0 saturated carbocycles. The quantitative estimate of drug-likeness (QED) is 0.936. The lowest BCUT2D eigenvalue weighted by atomic mass is 10.1. The largest absolute Gasteiger partial charge is 0.486 e. The molecule has 5 heteroatoms. The van der Waals surface area contributed by atoms with Crippen LogP contribution in [0.25, 0.3) is 0 Å². The molecule has 110 valence electrons. The summed E-state index contributed by atoms with van der Waals surface area (Å²) in [6, 6.07) is 8.12. The standard InChI is InChI=1S/C16H15F2NO2/c1-10-2-4-12(17)16(15(10)18)19-9-11-3-5-13-14(8-11)21-7-6-20-13/h2-5,8,19H,6-7,9H2,1H3. The van der Waals surface area contributed by atoms with Gasteiger partial charge < -0.3 is 14.8 Å². The maximum Gasteiger partial charge on any atom is 0.161 e. The first-order valence-electron chi connectivity index (χ1n) is 6.72. The van der Waals surface area contributed by atoms with Gasteiger partial charge in [-0.05, 0) is 36.2 Å². The molecule has 0 aromatic heterocycles. The van der Waals surface area contributed by atoms with Gasteiger partial charge in [0.2, 0.25) is 0 Å². The van der Waals surface area contributed by atoms with Crippen LogP contribution in [0.5, 0.6) is 11.5 Å². The second-order valence-electron chi connectivity index (χ2n) is 4.88. The number of ether oxygens (including phenoxy) is 2. The molecule has 0 atom stereocenters. The normalized spacial score (nSPS) is 13.1. The molecule has 2 aromatic carbocycles. The molecule has 1 aliphatic rings. The van der Waals surface area contributed by atoms with E-state index in [2.05, 4.69) is 5.32 Å².